The first-order valence-electron chi connectivity index (χ1n) is 7.17. The Bertz CT molecular complexity index is 258. The second-order valence-corrected chi connectivity index (χ2v) is 6.00. The molecule has 0 radical (unpaired) electrons. The summed E-state index contributed by atoms with van der Waals surface area (Å²) in [7, 11) is 4.11. The van der Waals surface area contributed by atoms with Crippen LogP contribution < -0.4 is 10.6 Å². The molecule has 4 heteroatoms. The first kappa shape index (κ1) is 15.4. The molecule has 0 spiro atoms. The van der Waals surface area contributed by atoms with E-state index in [0.29, 0.717) is 6.04 Å². The summed E-state index contributed by atoms with van der Waals surface area (Å²) in [5.74, 6) is 0.201. The summed E-state index contributed by atoms with van der Waals surface area (Å²) < 4.78 is 0. The second kappa shape index (κ2) is 7.10. The Morgan fingerprint density at radius 1 is 1.28 bits per heavy atom. The molecule has 0 aromatic carbocycles. The van der Waals surface area contributed by atoms with Gasteiger partial charge in [0.25, 0.3) is 0 Å². The minimum Gasteiger partial charge on any atom is -0.354 e. The van der Waals surface area contributed by atoms with E-state index in [1.807, 2.05) is 0 Å². The average Bonchev–Trinajstić information content (AvgIpc) is 2.72. The molecule has 1 aliphatic carbocycles. The monoisotopic (exact) mass is 255 g/mol. The van der Waals surface area contributed by atoms with Gasteiger partial charge in [-0.05, 0) is 53.8 Å². The molecule has 0 unspecified atom stereocenters. The van der Waals surface area contributed by atoms with E-state index in [-0.39, 0.29) is 11.4 Å². The minimum absolute atomic E-state index is 0.201. The van der Waals surface area contributed by atoms with Gasteiger partial charge in [0.15, 0.2) is 0 Å². The van der Waals surface area contributed by atoms with Crippen molar-refractivity contribution in [1.29, 1.82) is 0 Å². The molecule has 1 amide bonds. The lowest BCUT2D eigenvalue weighted by Gasteiger charge is -2.31. The Morgan fingerprint density at radius 2 is 1.89 bits per heavy atom. The SMILES string of the molecule is CC(C)NC1(C(=O)NCCCN(C)C)CCCC1. The molecule has 1 rings (SSSR count). The molecule has 0 atom stereocenters. The maximum absolute atomic E-state index is 12.4. The summed E-state index contributed by atoms with van der Waals surface area (Å²) in [5.41, 5.74) is -0.299. The summed E-state index contributed by atoms with van der Waals surface area (Å²) in [6.45, 7) is 6.02. The number of hydrogen-bond donors (Lipinski definition) is 2. The molecule has 0 aromatic heterocycles. The van der Waals surface area contributed by atoms with Crippen LogP contribution in [0.25, 0.3) is 0 Å². The molecule has 106 valence electrons. The Labute approximate surface area is 111 Å². The molecule has 1 saturated carbocycles. The van der Waals surface area contributed by atoms with Crippen LogP contribution in [0.1, 0.15) is 46.0 Å². The van der Waals surface area contributed by atoms with Crippen molar-refractivity contribution in [3.63, 3.8) is 0 Å². The Balaban J connectivity index is 2.40. The van der Waals surface area contributed by atoms with E-state index in [9.17, 15) is 4.79 Å². The molecule has 0 bridgehead atoms. The van der Waals surface area contributed by atoms with Crippen molar-refractivity contribution in [2.45, 2.75) is 57.5 Å². The van der Waals surface area contributed by atoms with Gasteiger partial charge in [0.1, 0.15) is 0 Å². The second-order valence-electron chi connectivity index (χ2n) is 6.00. The van der Waals surface area contributed by atoms with Crippen molar-refractivity contribution in [1.82, 2.24) is 15.5 Å². The first-order valence-corrected chi connectivity index (χ1v) is 7.17. The summed E-state index contributed by atoms with van der Waals surface area (Å²) in [4.78, 5) is 14.5. The van der Waals surface area contributed by atoms with E-state index >= 15 is 0 Å². The largest absolute Gasteiger partial charge is 0.354 e. The third-order valence-electron chi connectivity index (χ3n) is 3.52. The van der Waals surface area contributed by atoms with Crippen molar-refractivity contribution in [3.05, 3.63) is 0 Å². The zero-order valence-electron chi connectivity index (χ0n) is 12.4. The fourth-order valence-electron chi connectivity index (χ4n) is 2.73. The highest BCUT2D eigenvalue weighted by Crippen LogP contribution is 2.30. The average molecular weight is 255 g/mol. The van der Waals surface area contributed by atoms with Crippen molar-refractivity contribution >= 4 is 5.91 Å². The van der Waals surface area contributed by atoms with Crippen LogP contribution >= 0.6 is 0 Å². The van der Waals surface area contributed by atoms with E-state index < -0.39 is 0 Å². The number of rotatable bonds is 7. The number of hydrogen-bond acceptors (Lipinski definition) is 3. The summed E-state index contributed by atoms with van der Waals surface area (Å²) in [5, 5.41) is 6.58. The predicted molar refractivity (Wildman–Crippen MR) is 75.7 cm³/mol. The quantitative estimate of drug-likeness (QED) is 0.675. The molecule has 0 saturated heterocycles. The Kier molecular flexibility index (Phi) is 6.09. The van der Waals surface area contributed by atoms with Gasteiger partial charge >= 0.3 is 0 Å². The predicted octanol–water partition coefficient (Wildman–Crippen LogP) is 1.37. The van der Waals surface area contributed by atoms with Crippen LogP contribution in [0, 0.1) is 0 Å². The molecule has 1 aliphatic rings. The van der Waals surface area contributed by atoms with Gasteiger partial charge in [0.2, 0.25) is 5.91 Å². The molecule has 1 fully saturated rings. The molecular weight excluding hydrogens is 226 g/mol. The highest BCUT2D eigenvalue weighted by molar-refractivity contribution is 5.86. The minimum atomic E-state index is -0.299. The van der Waals surface area contributed by atoms with Gasteiger partial charge in [-0.15, -0.1) is 0 Å². The molecular formula is C14H29N3O. The van der Waals surface area contributed by atoms with Gasteiger partial charge in [0.05, 0.1) is 5.54 Å². The number of carbonyl (C=O) groups excluding carboxylic acids is 1. The van der Waals surface area contributed by atoms with Crippen LogP contribution in [-0.4, -0.2) is 49.6 Å². The third kappa shape index (κ3) is 4.58. The van der Waals surface area contributed by atoms with Gasteiger partial charge in [-0.2, -0.15) is 0 Å². The zero-order valence-corrected chi connectivity index (χ0v) is 12.4. The number of carbonyl (C=O) groups is 1. The molecule has 0 aromatic rings. The Hall–Kier alpha value is -0.610. The molecule has 2 N–H and O–H groups in total. The lowest BCUT2D eigenvalue weighted by atomic mass is 9.95. The van der Waals surface area contributed by atoms with Gasteiger partial charge in [-0.3, -0.25) is 4.79 Å². The molecule has 4 nitrogen and oxygen atoms in total. The molecule has 18 heavy (non-hydrogen) atoms. The highest BCUT2D eigenvalue weighted by Gasteiger charge is 2.40. The number of amides is 1. The fourth-order valence-corrected chi connectivity index (χ4v) is 2.73. The first-order chi connectivity index (χ1) is 8.46. The van der Waals surface area contributed by atoms with Gasteiger partial charge in [-0.1, -0.05) is 12.8 Å². The zero-order chi connectivity index (χ0) is 13.6. The summed E-state index contributed by atoms with van der Waals surface area (Å²) in [6, 6.07) is 0.357. The normalized spacial score (nSPS) is 18.6. The maximum Gasteiger partial charge on any atom is 0.240 e. The lowest BCUT2D eigenvalue weighted by Crippen LogP contribution is -2.57. The van der Waals surface area contributed by atoms with Crippen LogP contribution in [0.5, 0.6) is 0 Å². The Morgan fingerprint density at radius 3 is 2.39 bits per heavy atom. The van der Waals surface area contributed by atoms with E-state index in [0.717, 1.165) is 45.2 Å². The molecule has 0 aliphatic heterocycles. The standard InChI is InChI=1S/C14H29N3O/c1-12(2)16-14(8-5-6-9-14)13(18)15-10-7-11-17(3)4/h12,16H,5-11H2,1-4H3,(H,15,18). The molecule has 0 heterocycles. The van der Waals surface area contributed by atoms with Crippen LogP contribution in [0.2, 0.25) is 0 Å². The fraction of sp³-hybridized carbons (Fsp3) is 0.929. The van der Waals surface area contributed by atoms with Crippen molar-refractivity contribution < 1.29 is 4.79 Å². The number of nitrogens with zero attached hydrogens (tertiary/aromatic N) is 1. The number of nitrogens with one attached hydrogen (secondary N) is 2. The summed E-state index contributed by atoms with van der Waals surface area (Å²) in [6.07, 6.45) is 5.28. The van der Waals surface area contributed by atoms with Gasteiger partial charge in [-0.25, -0.2) is 0 Å². The summed E-state index contributed by atoms with van der Waals surface area (Å²) >= 11 is 0. The van der Waals surface area contributed by atoms with Crippen LogP contribution in [0.4, 0.5) is 0 Å². The lowest BCUT2D eigenvalue weighted by molar-refractivity contribution is -0.127. The smallest absolute Gasteiger partial charge is 0.240 e. The maximum atomic E-state index is 12.4. The van der Waals surface area contributed by atoms with E-state index in [4.69, 9.17) is 0 Å². The van der Waals surface area contributed by atoms with Crippen LogP contribution in [-0.2, 0) is 4.79 Å². The van der Waals surface area contributed by atoms with E-state index in [2.05, 4.69) is 43.5 Å². The topological polar surface area (TPSA) is 44.4 Å². The van der Waals surface area contributed by atoms with E-state index in [1.165, 1.54) is 0 Å². The van der Waals surface area contributed by atoms with Gasteiger partial charge < -0.3 is 15.5 Å². The van der Waals surface area contributed by atoms with Gasteiger partial charge in [0, 0.05) is 12.6 Å². The van der Waals surface area contributed by atoms with Crippen molar-refractivity contribution in [2.75, 3.05) is 27.2 Å². The van der Waals surface area contributed by atoms with Crippen molar-refractivity contribution in [2.24, 2.45) is 0 Å². The van der Waals surface area contributed by atoms with Crippen LogP contribution in [0.3, 0.4) is 0 Å². The highest BCUT2D eigenvalue weighted by atomic mass is 16.2. The third-order valence-corrected chi connectivity index (χ3v) is 3.52. The van der Waals surface area contributed by atoms with Crippen molar-refractivity contribution in [3.8, 4) is 0 Å². The van der Waals surface area contributed by atoms with E-state index in [1.54, 1.807) is 0 Å². The van der Waals surface area contributed by atoms with Crippen LogP contribution in [0.15, 0.2) is 0 Å².